The molecule has 2 heterocycles. The molecular formula is C18H20FN3O4. The maximum atomic E-state index is 14.4. The fourth-order valence-corrected chi connectivity index (χ4v) is 3.29. The monoisotopic (exact) mass is 361 g/mol. The minimum atomic E-state index is -0.879. The molecule has 1 amide bonds. The second-order valence-corrected chi connectivity index (χ2v) is 6.22. The van der Waals surface area contributed by atoms with Crippen molar-refractivity contribution < 1.29 is 23.8 Å². The maximum absolute atomic E-state index is 14.4. The quantitative estimate of drug-likeness (QED) is 0.816. The van der Waals surface area contributed by atoms with E-state index < -0.39 is 28.6 Å². The van der Waals surface area contributed by atoms with Gasteiger partial charge < -0.3 is 19.5 Å². The van der Waals surface area contributed by atoms with E-state index in [0.717, 1.165) is 6.29 Å². The molecule has 0 aromatic heterocycles. The number of nitrogens with zero attached hydrogens (tertiary/aromatic N) is 3. The van der Waals surface area contributed by atoms with E-state index in [1.807, 2.05) is 4.90 Å². The number of rotatable bonds is 4. The molecule has 26 heavy (non-hydrogen) atoms. The summed E-state index contributed by atoms with van der Waals surface area (Å²) in [6.45, 7) is 1.54. The van der Waals surface area contributed by atoms with Gasteiger partial charge in [-0.15, -0.1) is 0 Å². The Morgan fingerprint density at radius 3 is 2.65 bits per heavy atom. The van der Waals surface area contributed by atoms with Crippen molar-refractivity contribution in [1.82, 2.24) is 9.80 Å². The summed E-state index contributed by atoms with van der Waals surface area (Å²) in [6, 6.07) is 2.50. The number of methoxy groups -OCH3 is 1. The van der Waals surface area contributed by atoms with E-state index in [4.69, 9.17) is 4.74 Å². The average Bonchev–Trinajstić information content (AvgIpc) is 2.68. The van der Waals surface area contributed by atoms with Gasteiger partial charge in [-0.2, -0.15) is 0 Å². The van der Waals surface area contributed by atoms with Crippen molar-refractivity contribution in [2.45, 2.75) is 12.0 Å². The second-order valence-electron chi connectivity index (χ2n) is 6.22. The van der Waals surface area contributed by atoms with Crippen LogP contribution in [0, 0.1) is 5.82 Å². The Morgan fingerprint density at radius 2 is 2.08 bits per heavy atom. The van der Waals surface area contributed by atoms with Crippen molar-refractivity contribution in [2.75, 3.05) is 33.3 Å². The SMILES string of the molecule is COc1ccc(O)c(C(=O)N2CCN(C3(C=O)C=CN=CC3)CC2)c1F. The first-order valence-corrected chi connectivity index (χ1v) is 8.28. The number of carbonyl (C=O) groups is 2. The fraction of sp³-hybridized carbons (Fsp3) is 0.389. The van der Waals surface area contributed by atoms with Gasteiger partial charge in [-0.3, -0.25) is 14.7 Å². The van der Waals surface area contributed by atoms with Crippen molar-refractivity contribution in [3.63, 3.8) is 0 Å². The van der Waals surface area contributed by atoms with Crippen molar-refractivity contribution in [1.29, 1.82) is 0 Å². The minimum absolute atomic E-state index is 0.101. The zero-order valence-corrected chi connectivity index (χ0v) is 14.4. The molecule has 0 saturated carbocycles. The molecule has 3 rings (SSSR count). The molecule has 7 nitrogen and oxygen atoms in total. The molecule has 8 heteroatoms. The van der Waals surface area contributed by atoms with Crippen LogP contribution in [0.1, 0.15) is 16.8 Å². The van der Waals surface area contributed by atoms with Crippen LogP contribution in [-0.4, -0.2) is 72.1 Å². The van der Waals surface area contributed by atoms with Crippen LogP contribution in [0.2, 0.25) is 0 Å². The lowest BCUT2D eigenvalue weighted by atomic mass is 9.93. The molecule has 2 aliphatic heterocycles. The number of halogens is 1. The Hall–Kier alpha value is -2.74. The predicted molar refractivity (Wildman–Crippen MR) is 93.1 cm³/mol. The first-order chi connectivity index (χ1) is 12.5. The highest BCUT2D eigenvalue weighted by Crippen LogP contribution is 2.30. The first-order valence-electron chi connectivity index (χ1n) is 8.28. The van der Waals surface area contributed by atoms with Crippen molar-refractivity contribution in [2.24, 2.45) is 4.99 Å². The highest BCUT2D eigenvalue weighted by molar-refractivity contribution is 5.97. The highest BCUT2D eigenvalue weighted by atomic mass is 19.1. The Kier molecular flexibility index (Phi) is 5.03. The van der Waals surface area contributed by atoms with E-state index >= 15 is 0 Å². The Labute approximate surface area is 150 Å². The normalized spacial score (nSPS) is 23.1. The standard InChI is InChI=1S/C18H20FN3O4/c1-26-14-3-2-13(24)15(16(14)19)17(25)21-8-10-22(11-9-21)18(12-23)4-6-20-7-5-18/h2-4,6-7,12,24H,5,8-11H2,1H3. The van der Waals surface area contributed by atoms with Crippen LogP contribution in [0.25, 0.3) is 0 Å². The zero-order valence-electron chi connectivity index (χ0n) is 14.4. The van der Waals surface area contributed by atoms with Gasteiger partial charge in [-0.05, 0) is 18.2 Å². The average molecular weight is 361 g/mol. The topological polar surface area (TPSA) is 82.4 Å². The van der Waals surface area contributed by atoms with Crippen LogP contribution < -0.4 is 4.74 Å². The van der Waals surface area contributed by atoms with Crippen LogP contribution >= 0.6 is 0 Å². The molecule has 2 aliphatic rings. The third-order valence-corrected chi connectivity index (χ3v) is 4.85. The molecular weight excluding hydrogens is 341 g/mol. The predicted octanol–water partition coefficient (Wildman–Crippen LogP) is 1.22. The van der Waals surface area contributed by atoms with E-state index in [1.165, 1.54) is 24.1 Å². The van der Waals surface area contributed by atoms with Crippen molar-refractivity contribution in [3.05, 3.63) is 35.8 Å². The summed E-state index contributed by atoms with van der Waals surface area (Å²) in [4.78, 5) is 31.8. The molecule has 1 fully saturated rings. The van der Waals surface area contributed by atoms with E-state index in [9.17, 15) is 19.1 Å². The summed E-state index contributed by atoms with van der Waals surface area (Å²) in [5.74, 6) is -2.00. The fourth-order valence-electron chi connectivity index (χ4n) is 3.29. The van der Waals surface area contributed by atoms with Gasteiger partial charge in [0.25, 0.3) is 5.91 Å². The Balaban J connectivity index is 1.74. The molecule has 0 aliphatic carbocycles. The van der Waals surface area contributed by atoms with Gasteiger partial charge in [0, 0.05) is 45.0 Å². The largest absolute Gasteiger partial charge is 0.507 e. The number of ether oxygens (including phenoxy) is 1. The van der Waals surface area contributed by atoms with E-state index in [-0.39, 0.29) is 5.75 Å². The van der Waals surface area contributed by atoms with Gasteiger partial charge in [0.05, 0.1) is 7.11 Å². The molecule has 1 N–H and O–H groups in total. The molecule has 0 spiro atoms. The molecule has 1 atom stereocenters. The summed E-state index contributed by atoms with van der Waals surface area (Å²) < 4.78 is 19.3. The number of aromatic hydroxyl groups is 1. The number of hydrogen-bond acceptors (Lipinski definition) is 6. The lowest BCUT2D eigenvalue weighted by Gasteiger charge is -2.43. The number of amides is 1. The van der Waals surface area contributed by atoms with E-state index in [1.54, 1.807) is 18.5 Å². The number of phenolic OH excluding ortho intramolecular Hbond substituents is 1. The second kappa shape index (κ2) is 7.25. The van der Waals surface area contributed by atoms with Crippen molar-refractivity contribution >= 4 is 18.4 Å². The van der Waals surface area contributed by atoms with Crippen molar-refractivity contribution in [3.8, 4) is 11.5 Å². The minimum Gasteiger partial charge on any atom is -0.507 e. The van der Waals surface area contributed by atoms with Gasteiger partial charge >= 0.3 is 0 Å². The number of aliphatic imine (C=N–C) groups is 1. The Bertz CT molecular complexity index is 772. The van der Waals surface area contributed by atoms with Crippen LogP contribution in [0.15, 0.2) is 29.4 Å². The molecule has 0 radical (unpaired) electrons. The number of phenols is 1. The zero-order chi connectivity index (χ0) is 18.7. The van der Waals surface area contributed by atoms with Crippen LogP contribution in [-0.2, 0) is 4.79 Å². The van der Waals surface area contributed by atoms with Crippen LogP contribution in [0.3, 0.4) is 0 Å². The number of hydrogen-bond donors (Lipinski definition) is 1. The highest BCUT2D eigenvalue weighted by Gasteiger charge is 2.38. The molecule has 1 aromatic rings. The van der Waals surface area contributed by atoms with Gasteiger partial charge in [0.2, 0.25) is 0 Å². The number of benzene rings is 1. The maximum Gasteiger partial charge on any atom is 0.260 e. The summed E-state index contributed by atoms with van der Waals surface area (Å²) in [5, 5.41) is 9.92. The van der Waals surface area contributed by atoms with E-state index in [0.29, 0.717) is 32.6 Å². The number of piperazine rings is 1. The first kappa shape index (κ1) is 18.1. The summed E-state index contributed by atoms with van der Waals surface area (Å²) in [5.41, 5.74) is -1.15. The summed E-state index contributed by atoms with van der Waals surface area (Å²) in [7, 11) is 1.29. The lowest BCUT2D eigenvalue weighted by Crippen LogP contribution is -2.58. The third kappa shape index (κ3) is 3.08. The van der Waals surface area contributed by atoms with Gasteiger partial charge in [-0.1, -0.05) is 0 Å². The lowest BCUT2D eigenvalue weighted by molar-refractivity contribution is -0.116. The number of aldehydes is 1. The molecule has 1 unspecified atom stereocenters. The summed E-state index contributed by atoms with van der Waals surface area (Å²) >= 11 is 0. The van der Waals surface area contributed by atoms with Crippen LogP contribution in [0.4, 0.5) is 4.39 Å². The number of carbonyl (C=O) groups excluding carboxylic acids is 2. The molecule has 138 valence electrons. The summed E-state index contributed by atoms with van der Waals surface area (Å²) in [6.07, 6.45) is 6.41. The molecule has 1 saturated heterocycles. The third-order valence-electron chi connectivity index (χ3n) is 4.85. The van der Waals surface area contributed by atoms with Crippen LogP contribution in [0.5, 0.6) is 11.5 Å². The van der Waals surface area contributed by atoms with Gasteiger partial charge in [0.15, 0.2) is 11.6 Å². The Morgan fingerprint density at radius 1 is 1.35 bits per heavy atom. The van der Waals surface area contributed by atoms with Gasteiger partial charge in [-0.25, -0.2) is 4.39 Å². The smallest absolute Gasteiger partial charge is 0.260 e. The molecule has 0 bridgehead atoms. The molecule has 1 aromatic carbocycles. The van der Waals surface area contributed by atoms with Gasteiger partial charge in [0.1, 0.15) is 23.1 Å². The van der Waals surface area contributed by atoms with E-state index in [2.05, 4.69) is 4.99 Å².